The Labute approximate surface area is 156 Å². The van der Waals surface area contributed by atoms with Crippen LogP contribution in [0, 0.1) is 11.6 Å². The van der Waals surface area contributed by atoms with Crippen molar-refractivity contribution in [1.29, 1.82) is 0 Å². The SMILES string of the molecule is O=Cc1ccc(C(c2cc(F)ccc2F)S(=O)c2ccc(Cl)cc2)nc1. The van der Waals surface area contributed by atoms with Gasteiger partial charge in [0.25, 0.3) is 0 Å². The quantitative estimate of drug-likeness (QED) is 0.591. The van der Waals surface area contributed by atoms with Crippen molar-refractivity contribution in [3.05, 3.63) is 94.3 Å². The van der Waals surface area contributed by atoms with Crippen LogP contribution < -0.4 is 0 Å². The first-order chi connectivity index (χ1) is 12.5. The molecule has 2 aromatic carbocycles. The Morgan fingerprint density at radius 1 is 1.04 bits per heavy atom. The van der Waals surface area contributed by atoms with Gasteiger partial charge in [0, 0.05) is 27.2 Å². The molecule has 3 nitrogen and oxygen atoms in total. The van der Waals surface area contributed by atoms with Crippen molar-refractivity contribution in [1.82, 2.24) is 4.98 Å². The van der Waals surface area contributed by atoms with Gasteiger partial charge in [0.1, 0.15) is 16.9 Å². The molecular weight excluding hydrogens is 380 g/mol. The summed E-state index contributed by atoms with van der Waals surface area (Å²) in [6.07, 6.45) is 1.91. The maximum Gasteiger partial charge on any atom is 0.151 e. The summed E-state index contributed by atoms with van der Waals surface area (Å²) >= 11 is 5.86. The van der Waals surface area contributed by atoms with E-state index >= 15 is 0 Å². The summed E-state index contributed by atoms with van der Waals surface area (Å²) in [6, 6.07) is 12.2. The number of aromatic nitrogens is 1. The van der Waals surface area contributed by atoms with Crippen LogP contribution >= 0.6 is 11.6 Å². The molecule has 7 heteroatoms. The number of pyridine rings is 1. The molecule has 0 radical (unpaired) electrons. The second-order valence-corrected chi connectivity index (χ2v) is 7.41. The maximum absolute atomic E-state index is 14.4. The lowest BCUT2D eigenvalue weighted by Gasteiger charge is -2.18. The van der Waals surface area contributed by atoms with Gasteiger partial charge in [-0.2, -0.15) is 0 Å². The zero-order valence-electron chi connectivity index (χ0n) is 13.2. The van der Waals surface area contributed by atoms with Gasteiger partial charge in [-0.3, -0.25) is 14.0 Å². The highest BCUT2D eigenvalue weighted by Crippen LogP contribution is 2.33. The van der Waals surface area contributed by atoms with E-state index in [0.29, 0.717) is 21.8 Å². The minimum Gasteiger partial charge on any atom is -0.298 e. The van der Waals surface area contributed by atoms with E-state index in [4.69, 9.17) is 11.6 Å². The Kier molecular flexibility index (Phi) is 5.54. The summed E-state index contributed by atoms with van der Waals surface area (Å²) in [5, 5.41) is -0.583. The first-order valence-electron chi connectivity index (χ1n) is 7.52. The van der Waals surface area contributed by atoms with Crippen molar-refractivity contribution < 1.29 is 17.8 Å². The second kappa shape index (κ2) is 7.85. The topological polar surface area (TPSA) is 47.0 Å². The molecule has 3 aromatic rings. The highest BCUT2D eigenvalue weighted by molar-refractivity contribution is 7.85. The molecular formula is C19H12ClF2NO2S. The van der Waals surface area contributed by atoms with Gasteiger partial charge in [-0.1, -0.05) is 11.6 Å². The summed E-state index contributed by atoms with van der Waals surface area (Å²) in [6.45, 7) is 0. The number of hydrogen-bond acceptors (Lipinski definition) is 3. The minimum absolute atomic E-state index is 0.0790. The van der Waals surface area contributed by atoms with E-state index in [2.05, 4.69) is 4.98 Å². The summed E-state index contributed by atoms with van der Waals surface area (Å²) < 4.78 is 41.2. The molecule has 0 saturated carbocycles. The number of rotatable bonds is 5. The Balaban J connectivity index is 2.14. The number of carbonyl (C=O) groups excluding carboxylic acids is 1. The molecule has 2 unspecified atom stereocenters. The summed E-state index contributed by atoms with van der Waals surface area (Å²) in [5.74, 6) is -1.34. The van der Waals surface area contributed by atoms with Crippen LogP contribution in [0.1, 0.15) is 26.9 Å². The van der Waals surface area contributed by atoms with Crippen LogP contribution in [0.2, 0.25) is 5.02 Å². The number of aldehydes is 1. The van der Waals surface area contributed by atoms with Crippen LogP contribution in [0.25, 0.3) is 0 Å². The molecule has 0 N–H and O–H groups in total. The van der Waals surface area contributed by atoms with Gasteiger partial charge in [0.2, 0.25) is 0 Å². The van der Waals surface area contributed by atoms with E-state index in [-0.39, 0.29) is 11.3 Å². The number of nitrogens with zero attached hydrogens (tertiary/aromatic N) is 1. The number of benzene rings is 2. The molecule has 1 heterocycles. The van der Waals surface area contributed by atoms with Crippen LogP contribution in [-0.4, -0.2) is 15.5 Å². The van der Waals surface area contributed by atoms with Crippen LogP contribution in [0.15, 0.2) is 65.7 Å². The number of carbonyl (C=O) groups is 1. The first-order valence-corrected chi connectivity index (χ1v) is 9.11. The molecule has 0 amide bonds. The number of halogens is 3. The zero-order valence-corrected chi connectivity index (χ0v) is 14.8. The van der Waals surface area contributed by atoms with Crippen molar-refractivity contribution in [2.75, 3.05) is 0 Å². The van der Waals surface area contributed by atoms with E-state index in [1.807, 2.05) is 0 Å². The van der Waals surface area contributed by atoms with Gasteiger partial charge in [0.15, 0.2) is 6.29 Å². The highest BCUT2D eigenvalue weighted by atomic mass is 35.5. The molecule has 132 valence electrons. The van der Waals surface area contributed by atoms with Gasteiger partial charge in [-0.25, -0.2) is 8.78 Å². The fraction of sp³-hybridized carbons (Fsp3) is 0.0526. The third-order valence-corrected chi connectivity index (χ3v) is 5.63. The Hall–Kier alpha value is -2.44. The molecule has 26 heavy (non-hydrogen) atoms. The smallest absolute Gasteiger partial charge is 0.151 e. The Bertz CT molecular complexity index is 962. The van der Waals surface area contributed by atoms with Crippen LogP contribution in [-0.2, 0) is 10.8 Å². The molecule has 1 aromatic heterocycles. The molecule has 0 aliphatic carbocycles. The molecule has 2 atom stereocenters. The Morgan fingerprint density at radius 3 is 2.38 bits per heavy atom. The zero-order chi connectivity index (χ0) is 18.7. The van der Waals surface area contributed by atoms with E-state index in [9.17, 15) is 17.8 Å². The van der Waals surface area contributed by atoms with E-state index in [0.717, 1.165) is 18.2 Å². The summed E-state index contributed by atoms with van der Waals surface area (Å²) in [7, 11) is -1.77. The fourth-order valence-electron chi connectivity index (χ4n) is 2.45. The van der Waals surface area contributed by atoms with Crippen molar-refractivity contribution >= 4 is 28.7 Å². The molecule has 0 aliphatic rings. The predicted octanol–water partition coefficient (Wildman–Crippen LogP) is 4.72. The second-order valence-electron chi connectivity index (χ2n) is 5.43. The van der Waals surface area contributed by atoms with Crippen molar-refractivity contribution in [3.63, 3.8) is 0 Å². The number of hydrogen-bond donors (Lipinski definition) is 0. The van der Waals surface area contributed by atoms with Crippen LogP contribution in [0.5, 0.6) is 0 Å². The first kappa shape index (κ1) is 18.4. The monoisotopic (exact) mass is 391 g/mol. The van der Waals surface area contributed by atoms with Crippen molar-refractivity contribution in [3.8, 4) is 0 Å². The fourth-order valence-corrected chi connectivity index (χ4v) is 4.02. The molecule has 0 saturated heterocycles. The lowest BCUT2D eigenvalue weighted by Crippen LogP contribution is -2.13. The summed E-state index contributed by atoms with van der Waals surface area (Å²) in [4.78, 5) is 15.3. The normalized spacial score (nSPS) is 13.2. The third kappa shape index (κ3) is 3.86. The van der Waals surface area contributed by atoms with E-state index in [1.54, 1.807) is 24.3 Å². The third-order valence-electron chi connectivity index (χ3n) is 3.71. The van der Waals surface area contributed by atoms with Crippen molar-refractivity contribution in [2.45, 2.75) is 10.1 Å². The minimum atomic E-state index is -1.77. The average Bonchev–Trinajstić information content (AvgIpc) is 2.66. The van der Waals surface area contributed by atoms with Crippen LogP contribution in [0.3, 0.4) is 0 Å². The van der Waals surface area contributed by atoms with Crippen molar-refractivity contribution in [2.24, 2.45) is 0 Å². The van der Waals surface area contributed by atoms with Gasteiger partial charge in [-0.15, -0.1) is 0 Å². The maximum atomic E-state index is 14.4. The average molecular weight is 392 g/mol. The van der Waals surface area contributed by atoms with E-state index < -0.39 is 27.7 Å². The van der Waals surface area contributed by atoms with Gasteiger partial charge in [0.05, 0.1) is 16.5 Å². The summed E-state index contributed by atoms with van der Waals surface area (Å²) in [5.41, 5.74) is 0.502. The van der Waals surface area contributed by atoms with Gasteiger partial charge < -0.3 is 0 Å². The molecule has 0 bridgehead atoms. The standard InChI is InChI=1S/C19H12ClF2NO2S/c20-13-2-5-15(6-3-13)26(25)19(16-9-14(21)4-7-17(16)22)18-8-1-12(11-24)10-23-18/h1-11,19H. The predicted molar refractivity (Wildman–Crippen MR) is 95.7 cm³/mol. The lowest BCUT2D eigenvalue weighted by molar-refractivity contribution is 0.112. The largest absolute Gasteiger partial charge is 0.298 e. The lowest BCUT2D eigenvalue weighted by atomic mass is 10.1. The molecule has 3 rings (SSSR count). The van der Waals surface area contributed by atoms with Crippen LogP contribution in [0.4, 0.5) is 8.78 Å². The molecule has 0 fully saturated rings. The Morgan fingerprint density at radius 2 is 1.77 bits per heavy atom. The van der Waals surface area contributed by atoms with Gasteiger partial charge >= 0.3 is 0 Å². The molecule has 0 aliphatic heterocycles. The van der Waals surface area contributed by atoms with E-state index in [1.165, 1.54) is 18.3 Å². The molecule has 0 spiro atoms. The highest BCUT2D eigenvalue weighted by Gasteiger charge is 2.27. The van der Waals surface area contributed by atoms with Gasteiger partial charge in [-0.05, 0) is 54.6 Å².